The first-order valence-corrected chi connectivity index (χ1v) is 13.6. The number of nitrogens with one attached hydrogen (secondary N) is 1. The molecular formula is C23H45NO2S2. The first-order chi connectivity index (χ1) is 13.2. The molecule has 0 aromatic carbocycles. The van der Waals surface area contributed by atoms with Gasteiger partial charge in [0.15, 0.2) is 0 Å². The van der Waals surface area contributed by atoms with E-state index in [9.17, 15) is 9.59 Å². The summed E-state index contributed by atoms with van der Waals surface area (Å²) >= 11 is 0. The van der Waals surface area contributed by atoms with E-state index >= 15 is 0 Å². The molecule has 1 N–H and O–H groups in total. The minimum atomic E-state index is -0.152. The molecule has 0 rings (SSSR count). The number of hydrogen-bond donors (Lipinski definition) is 1. The Morgan fingerprint density at radius 1 is 0.964 bits per heavy atom. The van der Waals surface area contributed by atoms with Crippen LogP contribution in [0.3, 0.4) is 0 Å². The monoisotopic (exact) mass is 431 g/mol. The number of carbonyl (C=O) groups excluding carboxylic acids is 2. The normalized spacial score (nSPS) is 13.4. The van der Waals surface area contributed by atoms with Crippen LogP contribution < -0.4 is 5.32 Å². The van der Waals surface area contributed by atoms with Crippen molar-refractivity contribution in [2.75, 3.05) is 12.3 Å². The summed E-state index contributed by atoms with van der Waals surface area (Å²) in [6.07, 6.45) is 8.61. The van der Waals surface area contributed by atoms with Crippen LogP contribution in [0.4, 0.5) is 0 Å². The number of Topliss-reactive ketones (excluding diaryl/α,β-unsaturated/α-hetero) is 1. The fourth-order valence-electron chi connectivity index (χ4n) is 3.06. The summed E-state index contributed by atoms with van der Waals surface area (Å²) in [7, 11) is 3.58. The Bertz CT molecular complexity index is 446. The van der Waals surface area contributed by atoms with Gasteiger partial charge in [-0.05, 0) is 37.5 Å². The zero-order valence-electron chi connectivity index (χ0n) is 19.5. The van der Waals surface area contributed by atoms with E-state index in [0.29, 0.717) is 29.3 Å². The number of amides is 1. The minimum Gasteiger partial charge on any atom is -0.356 e. The van der Waals surface area contributed by atoms with Crippen molar-refractivity contribution in [2.45, 2.75) is 112 Å². The number of hydrogen-bond acceptors (Lipinski definition) is 4. The highest BCUT2D eigenvalue weighted by atomic mass is 33.1. The van der Waals surface area contributed by atoms with Crippen molar-refractivity contribution in [3.63, 3.8) is 0 Å². The Kier molecular flexibility index (Phi) is 14.7. The lowest BCUT2D eigenvalue weighted by atomic mass is 9.79. The van der Waals surface area contributed by atoms with Crippen LogP contribution in [0.2, 0.25) is 0 Å². The van der Waals surface area contributed by atoms with E-state index in [1.54, 1.807) is 10.8 Å². The third-order valence-corrected chi connectivity index (χ3v) is 9.61. The first-order valence-electron chi connectivity index (χ1n) is 11.2. The molecule has 1 amide bonds. The van der Waals surface area contributed by atoms with Crippen LogP contribution in [-0.2, 0) is 9.59 Å². The molecule has 0 aliphatic rings. The lowest BCUT2D eigenvalue weighted by molar-refractivity contribution is -0.127. The third kappa shape index (κ3) is 11.1. The second kappa shape index (κ2) is 14.8. The zero-order chi connectivity index (χ0) is 21.6. The van der Waals surface area contributed by atoms with Gasteiger partial charge in [0.1, 0.15) is 5.78 Å². The number of rotatable bonds is 17. The summed E-state index contributed by atoms with van der Waals surface area (Å²) in [6.45, 7) is 16.1. The molecule has 0 heterocycles. The molecule has 0 aromatic heterocycles. The summed E-state index contributed by atoms with van der Waals surface area (Å²) in [4.78, 5) is 24.4. The van der Waals surface area contributed by atoms with Gasteiger partial charge < -0.3 is 5.32 Å². The standard InChI is InChI=1S/C23H45NO2S2/c1-8-22(6,9-2)16-12-17-24-21(26)14-13-19(5)28-27-18-15-20(25)23(7,10-3)11-4/h19H,8-18H2,1-7H3,(H,24,26). The summed E-state index contributed by atoms with van der Waals surface area (Å²) in [5, 5.41) is 3.50. The number of ketones is 1. The highest BCUT2D eigenvalue weighted by molar-refractivity contribution is 8.76. The summed E-state index contributed by atoms with van der Waals surface area (Å²) in [5.74, 6) is 1.42. The SMILES string of the molecule is CCC(C)(CC)CCCNC(=O)CCC(C)SSCCC(=O)C(C)(CC)CC. The fourth-order valence-corrected chi connectivity index (χ4v) is 5.40. The fraction of sp³-hybridized carbons (Fsp3) is 0.913. The van der Waals surface area contributed by atoms with E-state index < -0.39 is 0 Å². The van der Waals surface area contributed by atoms with Gasteiger partial charge in [0, 0.05) is 35.8 Å². The smallest absolute Gasteiger partial charge is 0.220 e. The van der Waals surface area contributed by atoms with Crippen LogP contribution in [0, 0.1) is 10.8 Å². The molecule has 28 heavy (non-hydrogen) atoms. The van der Waals surface area contributed by atoms with Crippen LogP contribution in [0.15, 0.2) is 0 Å². The van der Waals surface area contributed by atoms with Crippen LogP contribution in [0.25, 0.3) is 0 Å². The van der Waals surface area contributed by atoms with Gasteiger partial charge in [-0.1, -0.05) is 82.9 Å². The van der Waals surface area contributed by atoms with Gasteiger partial charge in [-0.25, -0.2) is 0 Å². The van der Waals surface area contributed by atoms with Gasteiger partial charge >= 0.3 is 0 Å². The van der Waals surface area contributed by atoms with Crippen molar-refractivity contribution < 1.29 is 9.59 Å². The summed E-state index contributed by atoms with van der Waals surface area (Å²) < 4.78 is 0. The zero-order valence-corrected chi connectivity index (χ0v) is 21.1. The Morgan fingerprint density at radius 2 is 1.57 bits per heavy atom. The van der Waals surface area contributed by atoms with Gasteiger partial charge in [-0.2, -0.15) is 0 Å². The second-order valence-corrected chi connectivity index (χ2v) is 11.6. The Labute approximate surface area is 182 Å². The summed E-state index contributed by atoms with van der Waals surface area (Å²) in [5.41, 5.74) is 0.265. The van der Waals surface area contributed by atoms with Crippen molar-refractivity contribution in [3.05, 3.63) is 0 Å². The van der Waals surface area contributed by atoms with Gasteiger partial charge in [-0.3, -0.25) is 9.59 Å². The molecule has 0 aromatic rings. The third-order valence-electron chi connectivity index (χ3n) is 6.64. The maximum Gasteiger partial charge on any atom is 0.220 e. The van der Waals surface area contributed by atoms with E-state index in [4.69, 9.17) is 0 Å². The quantitative estimate of drug-likeness (QED) is 0.198. The molecule has 3 nitrogen and oxygen atoms in total. The first kappa shape index (κ1) is 27.8. The predicted octanol–water partition coefficient (Wildman–Crippen LogP) is 7.04. The van der Waals surface area contributed by atoms with Crippen molar-refractivity contribution in [2.24, 2.45) is 10.8 Å². The Balaban J connectivity index is 3.85. The van der Waals surface area contributed by atoms with Crippen molar-refractivity contribution in [3.8, 4) is 0 Å². The molecule has 0 aliphatic heterocycles. The average molecular weight is 432 g/mol. The Morgan fingerprint density at radius 3 is 2.11 bits per heavy atom. The number of carbonyl (C=O) groups is 2. The predicted molar refractivity (Wildman–Crippen MR) is 128 cm³/mol. The lowest BCUT2D eigenvalue weighted by Crippen LogP contribution is -2.26. The molecule has 0 saturated heterocycles. The molecule has 0 saturated carbocycles. The van der Waals surface area contributed by atoms with E-state index in [1.165, 1.54) is 19.3 Å². The highest BCUT2D eigenvalue weighted by Crippen LogP contribution is 2.33. The van der Waals surface area contributed by atoms with E-state index in [2.05, 4.69) is 53.8 Å². The average Bonchev–Trinajstić information content (AvgIpc) is 2.71. The van der Waals surface area contributed by atoms with Gasteiger partial charge in [-0.15, -0.1) is 0 Å². The molecule has 0 spiro atoms. The van der Waals surface area contributed by atoms with Crippen LogP contribution in [0.5, 0.6) is 0 Å². The molecule has 1 unspecified atom stereocenters. The molecule has 1 atom stereocenters. The molecule has 0 aliphatic carbocycles. The van der Waals surface area contributed by atoms with Crippen LogP contribution in [0.1, 0.15) is 106 Å². The molecule has 166 valence electrons. The topological polar surface area (TPSA) is 46.2 Å². The molecule has 0 radical (unpaired) electrons. The van der Waals surface area contributed by atoms with E-state index in [1.807, 2.05) is 10.8 Å². The van der Waals surface area contributed by atoms with E-state index in [0.717, 1.165) is 38.0 Å². The lowest BCUT2D eigenvalue weighted by Gasteiger charge is -2.26. The van der Waals surface area contributed by atoms with Crippen LogP contribution in [-0.4, -0.2) is 29.2 Å². The minimum absolute atomic E-state index is 0.152. The van der Waals surface area contributed by atoms with Crippen molar-refractivity contribution in [1.82, 2.24) is 5.32 Å². The summed E-state index contributed by atoms with van der Waals surface area (Å²) in [6, 6.07) is 0. The van der Waals surface area contributed by atoms with Crippen molar-refractivity contribution in [1.29, 1.82) is 0 Å². The maximum atomic E-state index is 12.3. The highest BCUT2D eigenvalue weighted by Gasteiger charge is 2.28. The largest absolute Gasteiger partial charge is 0.356 e. The second-order valence-electron chi connectivity index (χ2n) is 8.68. The van der Waals surface area contributed by atoms with Gasteiger partial charge in [0.05, 0.1) is 0 Å². The Hall–Kier alpha value is -0.160. The maximum absolute atomic E-state index is 12.3. The molecule has 0 fully saturated rings. The molecule has 5 heteroatoms. The van der Waals surface area contributed by atoms with Gasteiger partial charge in [0.25, 0.3) is 0 Å². The van der Waals surface area contributed by atoms with E-state index in [-0.39, 0.29) is 11.3 Å². The van der Waals surface area contributed by atoms with Gasteiger partial charge in [0.2, 0.25) is 5.91 Å². The van der Waals surface area contributed by atoms with Crippen molar-refractivity contribution >= 4 is 33.3 Å². The van der Waals surface area contributed by atoms with Crippen LogP contribution >= 0.6 is 21.6 Å². The molecule has 0 bridgehead atoms. The molecular weight excluding hydrogens is 386 g/mol.